The number of anilines is 1. The summed E-state index contributed by atoms with van der Waals surface area (Å²) in [5.74, 6) is 1.12. The summed E-state index contributed by atoms with van der Waals surface area (Å²) in [6, 6.07) is 12.0. The van der Waals surface area contributed by atoms with Crippen molar-refractivity contribution in [3.63, 3.8) is 0 Å². The number of hydrogen-bond donors (Lipinski definition) is 1. The van der Waals surface area contributed by atoms with Gasteiger partial charge in [-0.2, -0.15) is 0 Å². The van der Waals surface area contributed by atoms with E-state index in [-0.39, 0.29) is 5.82 Å². The quantitative estimate of drug-likeness (QED) is 0.894. The largest absolute Gasteiger partial charge is 0.496 e. The number of hydrogen-bond acceptors (Lipinski definition) is 3. The van der Waals surface area contributed by atoms with Crippen molar-refractivity contribution in [3.05, 3.63) is 53.8 Å². The predicted molar refractivity (Wildman–Crippen MR) is 73.3 cm³/mol. The molecule has 0 bridgehead atoms. The van der Waals surface area contributed by atoms with E-state index in [1.165, 1.54) is 12.1 Å². The molecule has 4 heteroatoms. The van der Waals surface area contributed by atoms with Gasteiger partial charge in [-0.25, -0.2) is 4.39 Å². The van der Waals surface area contributed by atoms with Gasteiger partial charge in [0.1, 0.15) is 17.3 Å². The number of benzene rings is 2. The Hall–Kier alpha value is -2.23. The molecule has 2 aromatic rings. The van der Waals surface area contributed by atoms with E-state index in [9.17, 15) is 4.39 Å². The average molecular weight is 261 g/mol. The lowest BCUT2D eigenvalue weighted by atomic mass is 10.2. The van der Waals surface area contributed by atoms with Crippen molar-refractivity contribution in [1.82, 2.24) is 0 Å². The molecule has 0 aromatic heterocycles. The summed E-state index contributed by atoms with van der Waals surface area (Å²) in [6.45, 7) is 0.460. The fourth-order valence-electron chi connectivity index (χ4n) is 1.87. The molecule has 1 N–H and O–H groups in total. The van der Waals surface area contributed by atoms with Gasteiger partial charge in [-0.1, -0.05) is 12.1 Å². The van der Waals surface area contributed by atoms with Gasteiger partial charge in [0.25, 0.3) is 0 Å². The number of para-hydroxylation sites is 2. The van der Waals surface area contributed by atoms with E-state index < -0.39 is 0 Å². The Morgan fingerprint density at radius 3 is 2.47 bits per heavy atom. The molecule has 0 aliphatic rings. The van der Waals surface area contributed by atoms with Gasteiger partial charge >= 0.3 is 0 Å². The first-order valence-electron chi connectivity index (χ1n) is 5.94. The molecule has 0 fully saturated rings. The van der Waals surface area contributed by atoms with Crippen molar-refractivity contribution in [1.29, 1.82) is 0 Å². The van der Waals surface area contributed by atoms with Crippen molar-refractivity contribution in [2.24, 2.45) is 0 Å². The summed E-state index contributed by atoms with van der Waals surface area (Å²) < 4.78 is 23.7. The third-order valence-corrected chi connectivity index (χ3v) is 2.82. The van der Waals surface area contributed by atoms with Gasteiger partial charge in [0.05, 0.1) is 19.9 Å². The Kier molecular flexibility index (Phi) is 4.23. The monoisotopic (exact) mass is 261 g/mol. The van der Waals surface area contributed by atoms with E-state index in [0.29, 0.717) is 12.3 Å². The zero-order valence-corrected chi connectivity index (χ0v) is 10.9. The molecule has 0 heterocycles. The molecule has 0 saturated heterocycles. The van der Waals surface area contributed by atoms with Crippen LogP contribution in [-0.2, 0) is 6.54 Å². The van der Waals surface area contributed by atoms with Crippen molar-refractivity contribution in [2.75, 3.05) is 19.5 Å². The normalized spacial score (nSPS) is 10.1. The molecule has 0 amide bonds. The van der Waals surface area contributed by atoms with Crippen LogP contribution in [0.3, 0.4) is 0 Å². The molecular weight excluding hydrogens is 245 g/mol. The van der Waals surface area contributed by atoms with E-state index in [1.54, 1.807) is 20.3 Å². The number of methoxy groups -OCH3 is 2. The van der Waals surface area contributed by atoms with E-state index in [2.05, 4.69) is 5.32 Å². The second kappa shape index (κ2) is 6.09. The second-order valence-corrected chi connectivity index (χ2v) is 4.01. The maximum atomic E-state index is 13.2. The Bertz CT molecular complexity index is 558. The zero-order valence-electron chi connectivity index (χ0n) is 10.9. The molecule has 0 aliphatic heterocycles. The smallest absolute Gasteiger partial charge is 0.141 e. The topological polar surface area (TPSA) is 30.5 Å². The lowest BCUT2D eigenvalue weighted by Gasteiger charge is -2.13. The molecule has 3 nitrogen and oxygen atoms in total. The van der Waals surface area contributed by atoms with Gasteiger partial charge in [0, 0.05) is 12.1 Å². The van der Waals surface area contributed by atoms with Crippen molar-refractivity contribution >= 4 is 5.69 Å². The van der Waals surface area contributed by atoms with E-state index in [0.717, 1.165) is 17.0 Å². The minimum atomic E-state index is -0.280. The molecule has 19 heavy (non-hydrogen) atoms. The van der Waals surface area contributed by atoms with E-state index >= 15 is 0 Å². The van der Waals surface area contributed by atoms with Crippen LogP contribution in [0.25, 0.3) is 0 Å². The summed E-state index contributed by atoms with van der Waals surface area (Å²) >= 11 is 0. The highest BCUT2D eigenvalue weighted by Crippen LogP contribution is 2.25. The minimum Gasteiger partial charge on any atom is -0.496 e. The summed E-state index contributed by atoms with van der Waals surface area (Å²) in [5, 5.41) is 3.21. The average Bonchev–Trinajstić information content (AvgIpc) is 2.45. The van der Waals surface area contributed by atoms with Crippen LogP contribution in [0.5, 0.6) is 11.5 Å². The molecule has 2 aromatic carbocycles. The molecule has 100 valence electrons. The standard InChI is InChI=1S/C15H16FNO2/c1-18-14-8-7-12(16)9-11(14)10-17-13-5-3-4-6-15(13)19-2/h3-9,17H,10H2,1-2H3. The third-order valence-electron chi connectivity index (χ3n) is 2.82. The van der Waals surface area contributed by atoms with Gasteiger partial charge in [-0.15, -0.1) is 0 Å². The van der Waals surface area contributed by atoms with Gasteiger partial charge in [0.2, 0.25) is 0 Å². The highest BCUT2D eigenvalue weighted by molar-refractivity contribution is 5.56. The van der Waals surface area contributed by atoms with E-state index in [1.807, 2.05) is 24.3 Å². The van der Waals surface area contributed by atoms with Crippen LogP contribution < -0.4 is 14.8 Å². The lowest BCUT2D eigenvalue weighted by Crippen LogP contribution is -2.03. The van der Waals surface area contributed by atoms with Gasteiger partial charge in [-0.05, 0) is 30.3 Å². The fraction of sp³-hybridized carbons (Fsp3) is 0.200. The number of halogens is 1. The van der Waals surface area contributed by atoms with Crippen LogP contribution in [0.1, 0.15) is 5.56 Å². The van der Waals surface area contributed by atoms with E-state index in [4.69, 9.17) is 9.47 Å². The molecule has 0 unspecified atom stereocenters. The second-order valence-electron chi connectivity index (χ2n) is 4.01. The maximum Gasteiger partial charge on any atom is 0.141 e. The first-order chi connectivity index (χ1) is 9.24. The van der Waals surface area contributed by atoms with Crippen molar-refractivity contribution in [2.45, 2.75) is 6.54 Å². The molecule has 0 saturated carbocycles. The number of rotatable bonds is 5. The first kappa shape index (κ1) is 13.2. The lowest BCUT2D eigenvalue weighted by molar-refractivity contribution is 0.408. The van der Waals surface area contributed by atoms with Crippen molar-refractivity contribution in [3.8, 4) is 11.5 Å². The molecule has 0 spiro atoms. The van der Waals surface area contributed by atoms with Crippen LogP contribution in [0.4, 0.5) is 10.1 Å². The Labute approximate surface area is 112 Å². The van der Waals surface area contributed by atoms with Crippen LogP contribution >= 0.6 is 0 Å². The molecular formula is C15H16FNO2. The summed E-state index contributed by atoms with van der Waals surface area (Å²) in [6.07, 6.45) is 0. The third kappa shape index (κ3) is 3.16. The minimum absolute atomic E-state index is 0.280. The summed E-state index contributed by atoms with van der Waals surface area (Å²) in [4.78, 5) is 0. The Morgan fingerprint density at radius 1 is 1.00 bits per heavy atom. The Morgan fingerprint density at radius 2 is 1.74 bits per heavy atom. The highest BCUT2D eigenvalue weighted by atomic mass is 19.1. The van der Waals surface area contributed by atoms with Crippen LogP contribution in [0.15, 0.2) is 42.5 Å². The van der Waals surface area contributed by atoms with Gasteiger partial charge in [-0.3, -0.25) is 0 Å². The maximum absolute atomic E-state index is 13.2. The number of nitrogens with one attached hydrogen (secondary N) is 1. The van der Waals surface area contributed by atoms with Crippen LogP contribution in [0.2, 0.25) is 0 Å². The molecule has 0 atom stereocenters. The predicted octanol–water partition coefficient (Wildman–Crippen LogP) is 3.46. The zero-order chi connectivity index (χ0) is 13.7. The van der Waals surface area contributed by atoms with Gasteiger partial charge < -0.3 is 14.8 Å². The van der Waals surface area contributed by atoms with Crippen LogP contribution in [-0.4, -0.2) is 14.2 Å². The van der Waals surface area contributed by atoms with Crippen molar-refractivity contribution < 1.29 is 13.9 Å². The Balaban J connectivity index is 2.16. The highest BCUT2D eigenvalue weighted by Gasteiger charge is 2.06. The molecule has 0 aliphatic carbocycles. The summed E-state index contributed by atoms with van der Waals surface area (Å²) in [5.41, 5.74) is 1.62. The summed E-state index contributed by atoms with van der Waals surface area (Å²) in [7, 11) is 3.18. The van der Waals surface area contributed by atoms with Gasteiger partial charge in [0.15, 0.2) is 0 Å². The van der Waals surface area contributed by atoms with Crippen LogP contribution in [0, 0.1) is 5.82 Å². The SMILES string of the molecule is COc1ccc(F)cc1CNc1ccccc1OC. The first-order valence-corrected chi connectivity index (χ1v) is 5.94. The fourth-order valence-corrected chi connectivity index (χ4v) is 1.87. The number of ether oxygens (including phenoxy) is 2. The molecule has 0 radical (unpaired) electrons. The molecule has 2 rings (SSSR count).